The molecule has 6 heteroatoms. The van der Waals surface area contributed by atoms with Gasteiger partial charge in [0.2, 0.25) is 0 Å². The van der Waals surface area contributed by atoms with Crippen molar-refractivity contribution in [1.82, 2.24) is 10.7 Å². The van der Waals surface area contributed by atoms with Gasteiger partial charge in [-0.2, -0.15) is 5.10 Å². The van der Waals surface area contributed by atoms with Crippen molar-refractivity contribution in [2.24, 2.45) is 5.10 Å². The Morgan fingerprint density at radius 3 is 3.00 bits per heavy atom. The minimum atomic E-state index is 0.206. The first-order valence-electron chi connectivity index (χ1n) is 7.55. The summed E-state index contributed by atoms with van der Waals surface area (Å²) in [4.78, 5) is 0. The van der Waals surface area contributed by atoms with Gasteiger partial charge in [-0.3, -0.25) is 5.43 Å². The highest BCUT2D eigenvalue weighted by molar-refractivity contribution is 7.80. The van der Waals surface area contributed by atoms with Crippen LogP contribution in [-0.2, 0) is 6.42 Å². The first-order chi connectivity index (χ1) is 10.5. The third-order valence-electron chi connectivity index (χ3n) is 3.12. The molecule has 5 nitrogen and oxygen atoms in total. The summed E-state index contributed by atoms with van der Waals surface area (Å²) in [7, 11) is 0. The SMILES string of the molecule is CCOc1cc2c(cc1/C=N\NC(=S)NC(C)C)O[C@H](C)C2. The summed E-state index contributed by atoms with van der Waals surface area (Å²) in [6.45, 7) is 8.67. The Hall–Kier alpha value is -1.82. The minimum Gasteiger partial charge on any atom is -0.493 e. The van der Waals surface area contributed by atoms with Crippen LogP contribution in [0, 0.1) is 0 Å². The minimum absolute atomic E-state index is 0.206. The molecule has 0 unspecified atom stereocenters. The van der Waals surface area contributed by atoms with Crippen molar-refractivity contribution in [2.45, 2.75) is 46.3 Å². The molecular formula is C16H23N3O2S. The second-order valence-electron chi connectivity index (χ2n) is 5.56. The summed E-state index contributed by atoms with van der Waals surface area (Å²) < 4.78 is 11.5. The molecule has 22 heavy (non-hydrogen) atoms. The van der Waals surface area contributed by atoms with Crippen LogP contribution in [0.15, 0.2) is 17.2 Å². The Morgan fingerprint density at radius 1 is 1.55 bits per heavy atom. The van der Waals surface area contributed by atoms with Gasteiger partial charge in [0.25, 0.3) is 0 Å². The maximum Gasteiger partial charge on any atom is 0.187 e. The van der Waals surface area contributed by atoms with Gasteiger partial charge in [0.05, 0.1) is 12.8 Å². The zero-order valence-corrected chi connectivity index (χ0v) is 14.3. The highest BCUT2D eigenvalue weighted by atomic mass is 32.1. The Balaban J connectivity index is 2.12. The van der Waals surface area contributed by atoms with E-state index in [2.05, 4.69) is 22.8 Å². The first kappa shape index (κ1) is 16.5. The summed E-state index contributed by atoms with van der Waals surface area (Å²) in [5.41, 5.74) is 4.85. The van der Waals surface area contributed by atoms with E-state index in [1.165, 1.54) is 5.56 Å². The van der Waals surface area contributed by atoms with E-state index in [1.807, 2.05) is 32.9 Å². The van der Waals surface area contributed by atoms with Crippen LogP contribution < -0.4 is 20.2 Å². The fourth-order valence-electron chi connectivity index (χ4n) is 2.29. The molecule has 1 aromatic carbocycles. The van der Waals surface area contributed by atoms with E-state index in [9.17, 15) is 0 Å². The van der Waals surface area contributed by atoms with Gasteiger partial charge in [0.1, 0.15) is 17.6 Å². The van der Waals surface area contributed by atoms with Crippen LogP contribution >= 0.6 is 12.2 Å². The van der Waals surface area contributed by atoms with Gasteiger partial charge < -0.3 is 14.8 Å². The van der Waals surface area contributed by atoms with Gasteiger partial charge in [0.15, 0.2) is 5.11 Å². The normalized spacial score (nSPS) is 16.5. The first-order valence-corrected chi connectivity index (χ1v) is 7.96. The highest BCUT2D eigenvalue weighted by Gasteiger charge is 2.21. The summed E-state index contributed by atoms with van der Waals surface area (Å²) in [6.07, 6.45) is 2.82. The molecule has 1 atom stereocenters. The Bertz CT molecular complexity index is 573. The maximum atomic E-state index is 5.78. The van der Waals surface area contributed by atoms with E-state index in [4.69, 9.17) is 21.7 Å². The van der Waals surface area contributed by atoms with E-state index in [1.54, 1.807) is 6.21 Å². The number of nitrogens with one attached hydrogen (secondary N) is 2. The topological polar surface area (TPSA) is 54.9 Å². The van der Waals surface area contributed by atoms with Gasteiger partial charge >= 0.3 is 0 Å². The van der Waals surface area contributed by atoms with Gasteiger partial charge in [-0.05, 0) is 52.0 Å². The monoisotopic (exact) mass is 321 g/mol. The van der Waals surface area contributed by atoms with Crippen LogP contribution in [0.5, 0.6) is 11.5 Å². The number of nitrogens with zero attached hydrogens (tertiary/aromatic N) is 1. The molecule has 0 radical (unpaired) electrons. The molecule has 1 heterocycles. The van der Waals surface area contributed by atoms with Crippen molar-refractivity contribution in [2.75, 3.05) is 6.61 Å². The number of hydrogen-bond donors (Lipinski definition) is 2. The lowest BCUT2D eigenvalue weighted by molar-refractivity contribution is 0.254. The third kappa shape index (κ3) is 4.34. The lowest BCUT2D eigenvalue weighted by Crippen LogP contribution is -2.36. The fraction of sp³-hybridized carbons (Fsp3) is 0.500. The van der Waals surface area contributed by atoms with Gasteiger partial charge in [-0.15, -0.1) is 0 Å². The van der Waals surface area contributed by atoms with Crippen molar-refractivity contribution in [1.29, 1.82) is 0 Å². The molecule has 2 rings (SSSR count). The fourth-order valence-corrected chi connectivity index (χ4v) is 2.58. The summed E-state index contributed by atoms with van der Waals surface area (Å²) in [6, 6.07) is 4.27. The lowest BCUT2D eigenvalue weighted by Gasteiger charge is -2.11. The largest absolute Gasteiger partial charge is 0.493 e. The van der Waals surface area contributed by atoms with Gasteiger partial charge in [-0.25, -0.2) is 0 Å². The standard InChI is InChI=1S/C16H23N3O2S/c1-5-20-14-7-12-6-11(4)21-15(12)8-13(14)9-17-19-16(22)18-10(2)3/h7-11H,5-6H2,1-4H3,(H2,18,19,22)/b17-9-/t11-/m1/s1. The van der Waals surface area contributed by atoms with E-state index >= 15 is 0 Å². The van der Waals surface area contributed by atoms with Gasteiger partial charge in [0, 0.05) is 23.6 Å². The van der Waals surface area contributed by atoms with Crippen LogP contribution in [0.2, 0.25) is 0 Å². The highest BCUT2D eigenvalue weighted by Crippen LogP contribution is 2.34. The number of fused-ring (bicyclic) bond motifs is 1. The van der Waals surface area contributed by atoms with E-state index in [-0.39, 0.29) is 12.1 Å². The summed E-state index contributed by atoms with van der Waals surface area (Å²) >= 11 is 5.13. The van der Waals surface area contributed by atoms with E-state index in [0.29, 0.717) is 11.7 Å². The van der Waals surface area contributed by atoms with Crippen LogP contribution in [0.3, 0.4) is 0 Å². The van der Waals surface area contributed by atoms with Gasteiger partial charge in [-0.1, -0.05) is 0 Å². The molecule has 0 aromatic heterocycles. The van der Waals surface area contributed by atoms with Crippen molar-refractivity contribution >= 4 is 23.5 Å². The van der Waals surface area contributed by atoms with Crippen LogP contribution in [0.1, 0.15) is 38.8 Å². The zero-order chi connectivity index (χ0) is 16.1. The second kappa shape index (κ2) is 7.45. The summed E-state index contributed by atoms with van der Waals surface area (Å²) in [5.74, 6) is 1.72. The number of hydrogen-bond acceptors (Lipinski definition) is 4. The van der Waals surface area contributed by atoms with Crippen molar-refractivity contribution in [3.05, 3.63) is 23.3 Å². The number of thiocarbonyl (C=S) groups is 1. The number of benzene rings is 1. The molecule has 0 saturated heterocycles. The predicted molar refractivity (Wildman–Crippen MR) is 93.0 cm³/mol. The number of rotatable bonds is 5. The van der Waals surface area contributed by atoms with E-state index in [0.717, 1.165) is 23.5 Å². The molecule has 0 amide bonds. The Morgan fingerprint density at radius 2 is 2.32 bits per heavy atom. The average molecular weight is 321 g/mol. The van der Waals surface area contributed by atoms with Crippen LogP contribution in [0.25, 0.3) is 0 Å². The molecule has 0 saturated carbocycles. The molecule has 0 spiro atoms. The average Bonchev–Trinajstić information content (AvgIpc) is 2.77. The molecule has 0 bridgehead atoms. The predicted octanol–water partition coefficient (Wildman–Crippen LogP) is 2.62. The number of hydrazone groups is 1. The second-order valence-corrected chi connectivity index (χ2v) is 5.97. The molecule has 120 valence electrons. The van der Waals surface area contributed by atoms with Crippen molar-refractivity contribution in [3.8, 4) is 11.5 Å². The summed E-state index contributed by atoms with van der Waals surface area (Å²) in [5, 5.41) is 7.73. The molecule has 1 aliphatic heterocycles. The quantitative estimate of drug-likeness (QED) is 0.496. The molecule has 0 aliphatic carbocycles. The third-order valence-corrected chi connectivity index (χ3v) is 3.33. The Labute approximate surface area is 137 Å². The maximum absolute atomic E-state index is 5.78. The van der Waals surface area contributed by atoms with E-state index < -0.39 is 0 Å². The molecule has 1 aliphatic rings. The Kier molecular flexibility index (Phi) is 5.60. The van der Waals surface area contributed by atoms with Crippen molar-refractivity contribution < 1.29 is 9.47 Å². The molecule has 2 N–H and O–H groups in total. The van der Waals surface area contributed by atoms with Crippen LogP contribution in [0.4, 0.5) is 0 Å². The molecule has 1 aromatic rings. The zero-order valence-electron chi connectivity index (χ0n) is 13.5. The molecule has 0 fully saturated rings. The van der Waals surface area contributed by atoms with Crippen molar-refractivity contribution in [3.63, 3.8) is 0 Å². The number of ether oxygens (including phenoxy) is 2. The smallest absolute Gasteiger partial charge is 0.187 e. The molecular weight excluding hydrogens is 298 g/mol. The lowest BCUT2D eigenvalue weighted by atomic mass is 10.1. The van der Waals surface area contributed by atoms with Crippen LogP contribution in [-0.4, -0.2) is 30.1 Å².